The van der Waals surface area contributed by atoms with E-state index in [-0.39, 0.29) is 11.5 Å². The third kappa shape index (κ3) is 5.94. The van der Waals surface area contributed by atoms with Crippen LogP contribution in [-0.2, 0) is 9.53 Å². The van der Waals surface area contributed by atoms with Crippen molar-refractivity contribution in [1.82, 2.24) is 15.1 Å². The monoisotopic (exact) mass is 472 g/mol. The SMILES string of the molecule is Cc1ccc(N2CCCC3(CN(C(=O)c4ccsc4)CCO3)C2)nn1.O=C(O)C(F)(F)F. The number of ether oxygens (including phenoxy) is 1. The van der Waals surface area contributed by atoms with E-state index in [1.807, 2.05) is 40.8 Å². The smallest absolute Gasteiger partial charge is 0.475 e. The van der Waals surface area contributed by atoms with Gasteiger partial charge in [0.1, 0.15) is 5.60 Å². The van der Waals surface area contributed by atoms with Gasteiger partial charge < -0.3 is 19.6 Å². The van der Waals surface area contributed by atoms with Gasteiger partial charge in [-0.05, 0) is 43.3 Å². The molecule has 12 heteroatoms. The number of anilines is 1. The molecule has 0 saturated carbocycles. The van der Waals surface area contributed by atoms with Gasteiger partial charge in [-0.2, -0.15) is 29.6 Å². The predicted molar refractivity (Wildman–Crippen MR) is 111 cm³/mol. The lowest BCUT2D eigenvalue weighted by atomic mass is 9.90. The van der Waals surface area contributed by atoms with Crippen LogP contribution in [0.3, 0.4) is 0 Å². The second-order valence-electron chi connectivity index (χ2n) is 7.63. The van der Waals surface area contributed by atoms with Crippen LogP contribution < -0.4 is 4.90 Å². The highest BCUT2D eigenvalue weighted by atomic mass is 32.1. The van der Waals surface area contributed by atoms with Crippen LogP contribution in [0, 0.1) is 6.92 Å². The first-order valence-electron chi connectivity index (χ1n) is 9.90. The molecule has 2 aliphatic rings. The molecule has 0 bridgehead atoms. The number of alkyl halides is 3. The number of hydrogen-bond acceptors (Lipinski definition) is 7. The van der Waals surface area contributed by atoms with Crippen LogP contribution in [0.4, 0.5) is 19.0 Å². The summed E-state index contributed by atoms with van der Waals surface area (Å²) in [4.78, 5) is 25.8. The molecule has 0 radical (unpaired) electrons. The maximum absolute atomic E-state index is 12.7. The maximum Gasteiger partial charge on any atom is 0.490 e. The van der Waals surface area contributed by atoms with Crippen molar-refractivity contribution in [2.45, 2.75) is 31.5 Å². The van der Waals surface area contributed by atoms with Crippen LogP contribution in [0.15, 0.2) is 29.0 Å². The quantitative estimate of drug-likeness (QED) is 0.718. The van der Waals surface area contributed by atoms with Crippen LogP contribution in [0.5, 0.6) is 0 Å². The first kappa shape index (κ1) is 23.9. The highest BCUT2D eigenvalue weighted by Gasteiger charge is 2.42. The van der Waals surface area contributed by atoms with Crippen molar-refractivity contribution in [2.24, 2.45) is 0 Å². The molecule has 2 aromatic heterocycles. The van der Waals surface area contributed by atoms with Crippen molar-refractivity contribution >= 4 is 29.0 Å². The Bertz CT molecular complexity index is 920. The Morgan fingerprint density at radius 3 is 2.53 bits per heavy atom. The average Bonchev–Trinajstić information content (AvgIpc) is 3.28. The van der Waals surface area contributed by atoms with Crippen molar-refractivity contribution in [3.8, 4) is 0 Å². The maximum atomic E-state index is 12.7. The fourth-order valence-electron chi connectivity index (χ4n) is 3.69. The minimum absolute atomic E-state index is 0.108. The molecule has 174 valence electrons. The summed E-state index contributed by atoms with van der Waals surface area (Å²) in [6.07, 6.45) is -3.09. The number of amides is 1. The first-order chi connectivity index (χ1) is 15.1. The van der Waals surface area contributed by atoms with Gasteiger partial charge in [0.15, 0.2) is 5.82 Å². The van der Waals surface area contributed by atoms with Gasteiger partial charge in [-0.25, -0.2) is 4.79 Å². The van der Waals surface area contributed by atoms with E-state index in [4.69, 9.17) is 14.6 Å². The van der Waals surface area contributed by atoms with E-state index in [1.54, 1.807) is 11.3 Å². The van der Waals surface area contributed by atoms with Crippen molar-refractivity contribution in [3.05, 3.63) is 40.2 Å². The number of thiophene rings is 1. The summed E-state index contributed by atoms with van der Waals surface area (Å²) < 4.78 is 37.9. The van der Waals surface area contributed by atoms with E-state index >= 15 is 0 Å². The molecule has 32 heavy (non-hydrogen) atoms. The third-order valence-electron chi connectivity index (χ3n) is 5.19. The van der Waals surface area contributed by atoms with Gasteiger partial charge in [-0.3, -0.25) is 4.79 Å². The molecule has 1 spiro atoms. The van der Waals surface area contributed by atoms with E-state index in [1.165, 1.54) is 0 Å². The summed E-state index contributed by atoms with van der Waals surface area (Å²) >= 11 is 1.56. The van der Waals surface area contributed by atoms with Gasteiger partial charge in [-0.15, -0.1) is 5.10 Å². The molecular formula is C20H23F3N4O4S. The summed E-state index contributed by atoms with van der Waals surface area (Å²) in [6.45, 7) is 5.51. The Morgan fingerprint density at radius 1 is 1.19 bits per heavy atom. The first-order valence-corrected chi connectivity index (χ1v) is 10.8. The molecule has 2 aromatic rings. The molecule has 2 fully saturated rings. The normalized spacial score (nSPS) is 21.1. The summed E-state index contributed by atoms with van der Waals surface area (Å²) in [5, 5.41) is 19.5. The average molecular weight is 472 g/mol. The zero-order valence-electron chi connectivity index (χ0n) is 17.3. The summed E-state index contributed by atoms with van der Waals surface area (Å²) in [6, 6.07) is 5.89. The van der Waals surface area contributed by atoms with Gasteiger partial charge >= 0.3 is 12.1 Å². The number of aliphatic carboxylic acids is 1. The number of aryl methyl sites for hydroxylation is 1. The Hall–Kier alpha value is -2.73. The number of rotatable bonds is 2. The van der Waals surface area contributed by atoms with E-state index in [2.05, 4.69) is 15.1 Å². The number of carbonyl (C=O) groups excluding carboxylic acids is 1. The third-order valence-corrected chi connectivity index (χ3v) is 5.88. The standard InChI is InChI=1S/C18H22N4O2S.C2HF3O2/c1-14-3-4-16(20-19-14)21-7-2-6-18(12-21)13-22(8-9-24-18)17(23)15-5-10-25-11-15;3-2(4,5)1(6)7/h3-5,10-11H,2,6-9,12-13H2,1H3;(H,6,7). The van der Waals surface area contributed by atoms with E-state index in [0.29, 0.717) is 19.7 Å². The van der Waals surface area contributed by atoms with Crippen LogP contribution >= 0.6 is 11.3 Å². The van der Waals surface area contributed by atoms with Crippen LogP contribution in [0.1, 0.15) is 28.9 Å². The number of carboxylic acid groups (broad SMARTS) is 1. The van der Waals surface area contributed by atoms with E-state index in [9.17, 15) is 18.0 Å². The highest BCUT2D eigenvalue weighted by molar-refractivity contribution is 7.08. The second kappa shape index (κ2) is 9.82. The predicted octanol–water partition coefficient (Wildman–Crippen LogP) is 2.99. The zero-order chi connectivity index (χ0) is 23.4. The molecule has 2 aliphatic heterocycles. The fourth-order valence-corrected chi connectivity index (χ4v) is 4.32. The Balaban J connectivity index is 0.000000360. The molecule has 2 saturated heterocycles. The largest absolute Gasteiger partial charge is 0.490 e. The van der Waals surface area contributed by atoms with Gasteiger partial charge in [-0.1, -0.05) is 0 Å². The second-order valence-corrected chi connectivity index (χ2v) is 8.41. The molecule has 1 N–H and O–H groups in total. The molecular weight excluding hydrogens is 449 g/mol. The van der Waals surface area contributed by atoms with E-state index < -0.39 is 12.1 Å². The van der Waals surface area contributed by atoms with Gasteiger partial charge in [0, 0.05) is 18.5 Å². The molecule has 4 heterocycles. The molecule has 0 aliphatic carbocycles. The fraction of sp³-hybridized carbons (Fsp3) is 0.500. The molecule has 1 atom stereocenters. The number of carbonyl (C=O) groups is 2. The minimum atomic E-state index is -5.08. The number of halogens is 3. The topological polar surface area (TPSA) is 95.9 Å². The molecule has 1 amide bonds. The van der Waals surface area contributed by atoms with Crippen LogP contribution in [0.25, 0.3) is 0 Å². The van der Waals surface area contributed by atoms with Gasteiger partial charge in [0.2, 0.25) is 0 Å². The van der Waals surface area contributed by atoms with Crippen molar-refractivity contribution < 1.29 is 32.6 Å². The summed E-state index contributed by atoms with van der Waals surface area (Å²) in [7, 11) is 0. The summed E-state index contributed by atoms with van der Waals surface area (Å²) in [5.41, 5.74) is 1.38. The number of carboxylic acids is 1. The van der Waals surface area contributed by atoms with Crippen molar-refractivity contribution in [3.63, 3.8) is 0 Å². The molecule has 4 rings (SSSR count). The number of aromatic nitrogens is 2. The van der Waals surface area contributed by atoms with Crippen LogP contribution in [0.2, 0.25) is 0 Å². The van der Waals surface area contributed by atoms with Crippen molar-refractivity contribution in [1.29, 1.82) is 0 Å². The molecule has 8 nitrogen and oxygen atoms in total. The Morgan fingerprint density at radius 2 is 1.94 bits per heavy atom. The highest BCUT2D eigenvalue weighted by Crippen LogP contribution is 2.31. The lowest BCUT2D eigenvalue weighted by Gasteiger charge is -2.48. The number of hydrogen-bond donors (Lipinski definition) is 1. The number of nitrogens with zero attached hydrogens (tertiary/aromatic N) is 4. The van der Waals surface area contributed by atoms with Gasteiger partial charge in [0.05, 0.1) is 31.0 Å². The zero-order valence-corrected chi connectivity index (χ0v) is 18.2. The number of morpholine rings is 1. The molecule has 1 unspecified atom stereocenters. The Kier molecular flexibility index (Phi) is 7.34. The van der Waals surface area contributed by atoms with Crippen molar-refractivity contribution in [2.75, 3.05) is 37.7 Å². The summed E-state index contributed by atoms with van der Waals surface area (Å²) in [5.74, 6) is -1.77. The Labute approximate surface area is 186 Å². The molecule has 0 aromatic carbocycles. The number of piperidine rings is 1. The van der Waals surface area contributed by atoms with Crippen LogP contribution in [-0.4, -0.2) is 76.6 Å². The lowest BCUT2D eigenvalue weighted by Crippen LogP contribution is -2.61. The van der Waals surface area contributed by atoms with Gasteiger partial charge in [0.25, 0.3) is 5.91 Å². The minimum Gasteiger partial charge on any atom is -0.475 e. The lowest BCUT2D eigenvalue weighted by molar-refractivity contribution is -0.192. The van der Waals surface area contributed by atoms with E-state index in [0.717, 1.165) is 43.0 Å².